The van der Waals surface area contributed by atoms with Crippen molar-refractivity contribution in [2.45, 2.75) is 71.8 Å². The number of hydrogen-bond donors (Lipinski definition) is 3. The molecule has 0 radical (unpaired) electrons. The molecular weight excluding hydrogens is 296 g/mol. The van der Waals surface area contributed by atoms with Crippen molar-refractivity contribution in [1.29, 1.82) is 0 Å². The van der Waals surface area contributed by atoms with Crippen LogP contribution in [0.3, 0.4) is 0 Å². The summed E-state index contributed by atoms with van der Waals surface area (Å²) in [6, 6.07) is 0. The Hall–Kier alpha value is -1.59. The zero-order valence-corrected chi connectivity index (χ0v) is 14.7. The second kappa shape index (κ2) is 7.79. The number of carboxylic acids is 1. The summed E-state index contributed by atoms with van der Waals surface area (Å²) in [4.78, 5) is 35.2. The van der Waals surface area contributed by atoms with Gasteiger partial charge in [-0.3, -0.25) is 14.4 Å². The van der Waals surface area contributed by atoms with Crippen LogP contribution in [0.25, 0.3) is 0 Å². The molecule has 1 aliphatic rings. The Balaban J connectivity index is 2.41. The molecule has 23 heavy (non-hydrogen) atoms. The molecule has 2 amide bonds. The van der Waals surface area contributed by atoms with E-state index in [-0.39, 0.29) is 18.2 Å². The SMILES string of the molecule is CC(C)(C)C(=O)NCCCC(=O)NC1(C)CCCCC1C(=O)O. The van der Waals surface area contributed by atoms with Crippen LogP contribution in [0.15, 0.2) is 0 Å². The van der Waals surface area contributed by atoms with Gasteiger partial charge in [0.15, 0.2) is 0 Å². The first kappa shape index (κ1) is 19.5. The number of amides is 2. The molecule has 0 aromatic carbocycles. The molecular formula is C17H30N2O4. The first-order chi connectivity index (χ1) is 10.6. The fourth-order valence-corrected chi connectivity index (χ4v) is 2.98. The first-order valence-corrected chi connectivity index (χ1v) is 8.38. The molecule has 1 rings (SSSR count). The van der Waals surface area contributed by atoms with Gasteiger partial charge in [-0.25, -0.2) is 0 Å². The van der Waals surface area contributed by atoms with E-state index in [1.54, 1.807) is 0 Å². The van der Waals surface area contributed by atoms with Crippen molar-refractivity contribution in [2.75, 3.05) is 6.54 Å². The zero-order valence-electron chi connectivity index (χ0n) is 14.7. The molecule has 0 spiro atoms. The predicted octanol–water partition coefficient (Wildman–Crippen LogP) is 2.08. The summed E-state index contributed by atoms with van der Waals surface area (Å²) in [6.45, 7) is 7.79. The molecule has 6 nitrogen and oxygen atoms in total. The number of carbonyl (C=O) groups excluding carboxylic acids is 2. The maximum atomic E-state index is 12.1. The van der Waals surface area contributed by atoms with E-state index in [0.29, 0.717) is 25.8 Å². The van der Waals surface area contributed by atoms with Gasteiger partial charge in [0.25, 0.3) is 0 Å². The third-order valence-corrected chi connectivity index (χ3v) is 4.48. The molecule has 1 fully saturated rings. The quantitative estimate of drug-likeness (QED) is 0.651. The van der Waals surface area contributed by atoms with Gasteiger partial charge in [-0.1, -0.05) is 33.6 Å². The van der Waals surface area contributed by atoms with Crippen LogP contribution in [-0.4, -0.2) is 35.0 Å². The summed E-state index contributed by atoms with van der Waals surface area (Å²) in [5.74, 6) is -1.56. The molecule has 2 atom stereocenters. The van der Waals surface area contributed by atoms with E-state index in [1.165, 1.54) is 0 Å². The third-order valence-electron chi connectivity index (χ3n) is 4.48. The van der Waals surface area contributed by atoms with Gasteiger partial charge in [0.2, 0.25) is 11.8 Å². The van der Waals surface area contributed by atoms with Crippen LogP contribution in [0.1, 0.15) is 66.2 Å². The minimum absolute atomic E-state index is 0.0388. The highest BCUT2D eigenvalue weighted by atomic mass is 16.4. The van der Waals surface area contributed by atoms with Gasteiger partial charge in [0.05, 0.1) is 11.5 Å². The number of carbonyl (C=O) groups is 3. The van der Waals surface area contributed by atoms with Crippen LogP contribution >= 0.6 is 0 Å². The average molecular weight is 326 g/mol. The standard InChI is InChI=1S/C17H30N2O4/c1-16(2,3)15(23)18-11-7-9-13(20)19-17(4)10-6-5-8-12(17)14(21)22/h12H,5-11H2,1-4H3,(H,18,23)(H,19,20)(H,21,22). The lowest BCUT2D eigenvalue weighted by molar-refractivity contribution is -0.146. The summed E-state index contributed by atoms with van der Waals surface area (Å²) < 4.78 is 0. The predicted molar refractivity (Wildman–Crippen MR) is 87.8 cm³/mol. The Kier molecular flexibility index (Phi) is 6.59. The maximum Gasteiger partial charge on any atom is 0.308 e. The second-order valence-electron chi connectivity index (χ2n) is 7.71. The third kappa shape index (κ3) is 5.84. The van der Waals surface area contributed by atoms with E-state index in [4.69, 9.17) is 0 Å². The minimum Gasteiger partial charge on any atom is -0.481 e. The summed E-state index contributed by atoms with van der Waals surface area (Å²) in [6.07, 6.45) is 3.95. The Morgan fingerprint density at radius 2 is 1.87 bits per heavy atom. The average Bonchev–Trinajstić information content (AvgIpc) is 2.41. The Morgan fingerprint density at radius 1 is 1.22 bits per heavy atom. The lowest BCUT2D eigenvalue weighted by Gasteiger charge is -2.39. The fourth-order valence-electron chi connectivity index (χ4n) is 2.98. The van der Waals surface area contributed by atoms with Gasteiger partial charge in [0.1, 0.15) is 0 Å². The van der Waals surface area contributed by atoms with Crippen molar-refractivity contribution >= 4 is 17.8 Å². The van der Waals surface area contributed by atoms with Crippen molar-refractivity contribution in [2.24, 2.45) is 11.3 Å². The van der Waals surface area contributed by atoms with E-state index in [9.17, 15) is 19.5 Å². The summed E-state index contributed by atoms with van der Waals surface area (Å²) >= 11 is 0. The summed E-state index contributed by atoms with van der Waals surface area (Å²) in [5, 5.41) is 15.1. The Morgan fingerprint density at radius 3 is 2.43 bits per heavy atom. The molecule has 0 aromatic rings. The lowest BCUT2D eigenvalue weighted by atomic mass is 9.74. The van der Waals surface area contributed by atoms with Crippen molar-refractivity contribution in [1.82, 2.24) is 10.6 Å². The Labute approximate surface area is 138 Å². The van der Waals surface area contributed by atoms with Crippen molar-refractivity contribution in [3.8, 4) is 0 Å². The highest BCUT2D eigenvalue weighted by Crippen LogP contribution is 2.33. The van der Waals surface area contributed by atoms with E-state index in [2.05, 4.69) is 10.6 Å². The normalized spacial score (nSPS) is 24.8. The number of hydrogen-bond acceptors (Lipinski definition) is 3. The largest absolute Gasteiger partial charge is 0.481 e. The van der Waals surface area contributed by atoms with Crippen LogP contribution in [0, 0.1) is 11.3 Å². The molecule has 132 valence electrons. The van der Waals surface area contributed by atoms with Crippen molar-refractivity contribution in [3.63, 3.8) is 0 Å². The van der Waals surface area contributed by atoms with Crippen LogP contribution in [0.5, 0.6) is 0 Å². The van der Waals surface area contributed by atoms with Gasteiger partial charge in [-0.05, 0) is 26.2 Å². The maximum absolute atomic E-state index is 12.1. The first-order valence-electron chi connectivity index (χ1n) is 8.38. The van der Waals surface area contributed by atoms with Gasteiger partial charge in [-0.2, -0.15) is 0 Å². The van der Waals surface area contributed by atoms with E-state index in [1.807, 2.05) is 27.7 Å². The number of carboxylic acid groups (broad SMARTS) is 1. The zero-order chi connectivity index (χ0) is 17.7. The molecule has 0 bridgehead atoms. The highest BCUT2D eigenvalue weighted by molar-refractivity contribution is 5.81. The molecule has 2 unspecified atom stereocenters. The van der Waals surface area contributed by atoms with Crippen LogP contribution < -0.4 is 10.6 Å². The second-order valence-corrected chi connectivity index (χ2v) is 7.71. The van der Waals surface area contributed by atoms with E-state index in [0.717, 1.165) is 12.8 Å². The highest BCUT2D eigenvalue weighted by Gasteiger charge is 2.41. The number of aliphatic carboxylic acids is 1. The monoisotopic (exact) mass is 326 g/mol. The molecule has 0 aliphatic heterocycles. The van der Waals surface area contributed by atoms with Crippen molar-refractivity contribution < 1.29 is 19.5 Å². The number of rotatable bonds is 6. The molecule has 0 aromatic heterocycles. The van der Waals surface area contributed by atoms with Gasteiger partial charge < -0.3 is 15.7 Å². The van der Waals surface area contributed by atoms with E-state index >= 15 is 0 Å². The van der Waals surface area contributed by atoms with Crippen LogP contribution in [-0.2, 0) is 14.4 Å². The van der Waals surface area contributed by atoms with Gasteiger partial charge in [0, 0.05) is 18.4 Å². The Bertz CT molecular complexity index is 456. The van der Waals surface area contributed by atoms with Gasteiger partial charge >= 0.3 is 5.97 Å². The lowest BCUT2D eigenvalue weighted by Crippen LogP contribution is -2.55. The summed E-state index contributed by atoms with van der Waals surface area (Å²) in [7, 11) is 0. The minimum atomic E-state index is -0.843. The smallest absolute Gasteiger partial charge is 0.308 e. The van der Waals surface area contributed by atoms with Crippen molar-refractivity contribution in [3.05, 3.63) is 0 Å². The summed E-state index contributed by atoms with van der Waals surface area (Å²) in [5.41, 5.74) is -1.11. The van der Waals surface area contributed by atoms with Gasteiger partial charge in [-0.15, -0.1) is 0 Å². The number of nitrogens with one attached hydrogen (secondary N) is 2. The fraction of sp³-hybridized carbons (Fsp3) is 0.824. The molecule has 1 aliphatic carbocycles. The van der Waals surface area contributed by atoms with Crippen LogP contribution in [0.4, 0.5) is 0 Å². The van der Waals surface area contributed by atoms with E-state index < -0.39 is 22.8 Å². The molecule has 3 N–H and O–H groups in total. The molecule has 0 saturated heterocycles. The molecule has 1 saturated carbocycles. The molecule has 0 heterocycles. The van der Waals surface area contributed by atoms with Crippen LogP contribution in [0.2, 0.25) is 0 Å². The molecule has 6 heteroatoms. The topological polar surface area (TPSA) is 95.5 Å².